The lowest BCUT2D eigenvalue weighted by atomic mass is 10.3. The number of nitrogens with one attached hydrogen (secondary N) is 1. The van der Waals surface area contributed by atoms with Crippen molar-refractivity contribution in [2.24, 2.45) is 0 Å². The Kier molecular flexibility index (Phi) is 3.16. The van der Waals surface area contributed by atoms with Gasteiger partial charge in [-0.15, -0.1) is 11.8 Å². The molecule has 4 heteroatoms. The molecule has 0 bridgehead atoms. The maximum Gasteiger partial charge on any atom is 0.230 e. The zero-order valence-electron chi connectivity index (χ0n) is 8.27. The molecule has 0 heterocycles. The third-order valence-electron chi connectivity index (χ3n) is 2.15. The minimum absolute atomic E-state index is 0.0931. The van der Waals surface area contributed by atoms with Gasteiger partial charge in [0.15, 0.2) is 0 Å². The maximum absolute atomic E-state index is 11.4. The molecule has 1 amide bonds. The van der Waals surface area contributed by atoms with Crippen LogP contribution in [-0.4, -0.2) is 22.8 Å². The van der Waals surface area contributed by atoms with Gasteiger partial charge in [-0.3, -0.25) is 4.79 Å². The molecule has 1 fully saturated rings. The molecule has 0 aromatic heterocycles. The highest BCUT2D eigenvalue weighted by Crippen LogP contribution is 2.22. The smallest absolute Gasteiger partial charge is 0.230 e. The second-order valence-corrected chi connectivity index (χ2v) is 4.67. The van der Waals surface area contributed by atoms with Crippen LogP contribution in [0.25, 0.3) is 0 Å². The normalized spacial score (nSPS) is 14.9. The summed E-state index contributed by atoms with van der Waals surface area (Å²) in [5.74, 6) is 0.790. The van der Waals surface area contributed by atoms with Crippen molar-refractivity contribution < 1.29 is 9.90 Å². The molecule has 1 aromatic carbocycles. The molecule has 80 valence electrons. The lowest BCUT2D eigenvalue weighted by molar-refractivity contribution is -0.118. The Hall–Kier alpha value is -1.16. The molecule has 0 unspecified atom stereocenters. The van der Waals surface area contributed by atoms with Gasteiger partial charge < -0.3 is 10.4 Å². The summed E-state index contributed by atoms with van der Waals surface area (Å²) >= 11 is 1.48. The van der Waals surface area contributed by atoms with Crippen molar-refractivity contribution in [3.05, 3.63) is 24.3 Å². The molecule has 2 N–H and O–H groups in total. The van der Waals surface area contributed by atoms with Crippen molar-refractivity contribution in [2.75, 3.05) is 5.75 Å². The van der Waals surface area contributed by atoms with Crippen molar-refractivity contribution in [1.82, 2.24) is 5.32 Å². The number of hydrogen-bond acceptors (Lipinski definition) is 3. The van der Waals surface area contributed by atoms with Crippen LogP contribution in [0, 0.1) is 0 Å². The third-order valence-corrected chi connectivity index (χ3v) is 3.16. The Bertz CT molecular complexity index is 346. The second-order valence-electron chi connectivity index (χ2n) is 3.62. The van der Waals surface area contributed by atoms with Gasteiger partial charge in [-0.2, -0.15) is 0 Å². The molecule has 15 heavy (non-hydrogen) atoms. The molecule has 1 aromatic rings. The van der Waals surface area contributed by atoms with Gasteiger partial charge in [-0.05, 0) is 37.1 Å². The Morgan fingerprint density at radius 3 is 2.67 bits per heavy atom. The van der Waals surface area contributed by atoms with Gasteiger partial charge in [0.1, 0.15) is 5.75 Å². The van der Waals surface area contributed by atoms with E-state index in [-0.39, 0.29) is 11.7 Å². The Labute approximate surface area is 92.9 Å². The average molecular weight is 223 g/mol. The summed E-state index contributed by atoms with van der Waals surface area (Å²) in [7, 11) is 0. The predicted octanol–water partition coefficient (Wildman–Crippen LogP) is 1.76. The highest BCUT2D eigenvalue weighted by Gasteiger charge is 2.22. The van der Waals surface area contributed by atoms with Gasteiger partial charge >= 0.3 is 0 Å². The molecular weight excluding hydrogens is 210 g/mol. The van der Waals surface area contributed by atoms with Gasteiger partial charge in [0.25, 0.3) is 0 Å². The molecular formula is C11H13NO2S. The number of rotatable bonds is 4. The van der Waals surface area contributed by atoms with Crippen LogP contribution in [0.1, 0.15) is 12.8 Å². The number of thioether (sulfide) groups is 1. The Morgan fingerprint density at radius 1 is 1.40 bits per heavy atom. The first kappa shape index (κ1) is 10.4. The molecule has 0 atom stereocenters. The molecule has 0 aliphatic heterocycles. The first-order chi connectivity index (χ1) is 7.24. The van der Waals surface area contributed by atoms with Crippen molar-refractivity contribution in [2.45, 2.75) is 23.8 Å². The molecule has 1 aliphatic carbocycles. The second kappa shape index (κ2) is 4.57. The lowest BCUT2D eigenvalue weighted by Crippen LogP contribution is -2.26. The zero-order valence-corrected chi connectivity index (χ0v) is 9.09. The van der Waals surface area contributed by atoms with E-state index < -0.39 is 0 Å². The molecule has 3 nitrogen and oxygen atoms in total. The minimum Gasteiger partial charge on any atom is -0.508 e. The van der Waals surface area contributed by atoms with E-state index in [0.717, 1.165) is 17.7 Å². The van der Waals surface area contributed by atoms with Crippen LogP contribution in [0.5, 0.6) is 5.75 Å². The van der Waals surface area contributed by atoms with Gasteiger partial charge in [-0.1, -0.05) is 0 Å². The van der Waals surface area contributed by atoms with Crippen LogP contribution in [-0.2, 0) is 4.79 Å². The first-order valence-electron chi connectivity index (χ1n) is 4.95. The molecule has 0 saturated heterocycles. The van der Waals surface area contributed by atoms with E-state index in [1.807, 2.05) is 12.1 Å². The summed E-state index contributed by atoms with van der Waals surface area (Å²) < 4.78 is 0. The number of carbonyl (C=O) groups is 1. The van der Waals surface area contributed by atoms with E-state index in [1.165, 1.54) is 11.8 Å². The van der Waals surface area contributed by atoms with Crippen LogP contribution >= 0.6 is 11.8 Å². The molecule has 0 spiro atoms. The molecule has 2 rings (SSSR count). The van der Waals surface area contributed by atoms with Gasteiger partial charge in [0, 0.05) is 10.9 Å². The number of aromatic hydroxyl groups is 1. The number of hydrogen-bond donors (Lipinski definition) is 2. The van der Waals surface area contributed by atoms with Crippen molar-refractivity contribution in [3.8, 4) is 5.75 Å². The highest BCUT2D eigenvalue weighted by molar-refractivity contribution is 8.00. The van der Waals surface area contributed by atoms with Crippen LogP contribution in [0.15, 0.2) is 29.2 Å². The average Bonchev–Trinajstić information content (AvgIpc) is 3.01. The Morgan fingerprint density at radius 2 is 2.07 bits per heavy atom. The third kappa shape index (κ3) is 3.47. The molecule has 1 aliphatic rings. The quantitative estimate of drug-likeness (QED) is 0.765. The number of benzene rings is 1. The Balaban J connectivity index is 1.76. The summed E-state index contributed by atoms with van der Waals surface area (Å²) in [4.78, 5) is 12.4. The van der Waals surface area contributed by atoms with E-state index in [9.17, 15) is 4.79 Å². The monoisotopic (exact) mass is 223 g/mol. The fourth-order valence-electron chi connectivity index (χ4n) is 1.19. The van der Waals surface area contributed by atoms with Crippen LogP contribution < -0.4 is 5.32 Å². The van der Waals surface area contributed by atoms with Crippen molar-refractivity contribution in [1.29, 1.82) is 0 Å². The maximum atomic E-state index is 11.4. The van der Waals surface area contributed by atoms with E-state index in [2.05, 4.69) is 5.32 Å². The summed E-state index contributed by atoms with van der Waals surface area (Å²) in [6, 6.07) is 7.30. The van der Waals surface area contributed by atoms with Crippen LogP contribution in [0.2, 0.25) is 0 Å². The summed E-state index contributed by atoms with van der Waals surface area (Å²) in [5.41, 5.74) is 0. The number of phenols is 1. The predicted molar refractivity (Wildman–Crippen MR) is 60.0 cm³/mol. The van der Waals surface area contributed by atoms with E-state index in [0.29, 0.717) is 11.8 Å². The number of phenolic OH excluding ortho intramolecular Hbond substituents is 1. The van der Waals surface area contributed by atoms with E-state index in [4.69, 9.17) is 5.11 Å². The van der Waals surface area contributed by atoms with Crippen molar-refractivity contribution >= 4 is 17.7 Å². The topological polar surface area (TPSA) is 49.3 Å². The minimum atomic E-state index is 0.0931. The molecule has 0 radical (unpaired) electrons. The number of carbonyl (C=O) groups excluding carboxylic acids is 1. The fraction of sp³-hybridized carbons (Fsp3) is 0.364. The van der Waals surface area contributed by atoms with Crippen LogP contribution in [0.4, 0.5) is 0 Å². The standard InChI is InChI=1S/C11H13NO2S/c13-9-3-5-10(6-4-9)15-7-11(14)12-8-1-2-8/h3-6,8,13H,1-2,7H2,(H,12,14). The van der Waals surface area contributed by atoms with Crippen molar-refractivity contribution in [3.63, 3.8) is 0 Å². The van der Waals surface area contributed by atoms with Crippen LogP contribution in [0.3, 0.4) is 0 Å². The summed E-state index contributed by atoms with van der Waals surface area (Å²) in [6.45, 7) is 0. The lowest BCUT2D eigenvalue weighted by Gasteiger charge is -2.03. The summed E-state index contributed by atoms with van der Waals surface area (Å²) in [5, 5.41) is 12.0. The SMILES string of the molecule is O=C(CSc1ccc(O)cc1)NC1CC1. The highest BCUT2D eigenvalue weighted by atomic mass is 32.2. The fourth-order valence-corrected chi connectivity index (χ4v) is 1.90. The number of amides is 1. The van der Waals surface area contributed by atoms with E-state index >= 15 is 0 Å². The van der Waals surface area contributed by atoms with Gasteiger partial charge in [-0.25, -0.2) is 0 Å². The van der Waals surface area contributed by atoms with E-state index in [1.54, 1.807) is 12.1 Å². The first-order valence-corrected chi connectivity index (χ1v) is 5.94. The van der Waals surface area contributed by atoms with Gasteiger partial charge in [0.05, 0.1) is 5.75 Å². The largest absolute Gasteiger partial charge is 0.508 e. The molecule has 1 saturated carbocycles. The van der Waals surface area contributed by atoms with Gasteiger partial charge in [0.2, 0.25) is 5.91 Å². The zero-order chi connectivity index (χ0) is 10.7. The summed E-state index contributed by atoms with van der Waals surface area (Å²) in [6.07, 6.45) is 2.24.